The Labute approximate surface area is 212 Å². The summed E-state index contributed by atoms with van der Waals surface area (Å²) in [5.74, 6) is 2.24. The Bertz CT molecular complexity index is 1080. The van der Waals surface area contributed by atoms with Crippen molar-refractivity contribution in [2.75, 3.05) is 26.8 Å². The van der Waals surface area contributed by atoms with E-state index in [1.54, 1.807) is 16.7 Å². The molecule has 0 saturated carbocycles. The molecule has 1 aliphatic heterocycles. The second-order valence-corrected chi connectivity index (χ2v) is 8.94. The lowest BCUT2D eigenvalue weighted by Crippen LogP contribution is -2.45. The molecule has 3 heterocycles. The van der Waals surface area contributed by atoms with Gasteiger partial charge >= 0.3 is 0 Å². The van der Waals surface area contributed by atoms with Crippen LogP contribution in [0.4, 0.5) is 0 Å². The maximum atomic E-state index is 13.6. The molecule has 2 aromatic heterocycles. The number of carbonyl (C=O) groups is 2. The maximum absolute atomic E-state index is 13.6. The van der Waals surface area contributed by atoms with Crippen molar-refractivity contribution in [3.05, 3.63) is 35.9 Å². The number of amides is 2. The molecule has 11 nitrogen and oxygen atoms in total. The van der Waals surface area contributed by atoms with Crippen molar-refractivity contribution in [3.8, 4) is 12.3 Å². The van der Waals surface area contributed by atoms with Gasteiger partial charge in [0.05, 0.1) is 5.69 Å². The number of ether oxygens (including phenoxy) is 1. The largest absolute Gasteiger partial charge is 0.385 e. The number of rotatable bonds is 16. The molecule has 36 heavy (non-hydrogen) atoms. The lowest BCUT2D eigenvalue weighted by molar-refractivity contribution is -0.141. The topological polar surface area (TPSA) is 119 Å². The Kier molecular flexibility index (Phi) is 9.76. The molecule has 1 N–H and O–H groups in total. The van der Waals surface area contributed by atoms with Crippen LogP contribution in [0.25, 0.3) is 0 Å². The van der Waals surface area contributed by atoms with Gasteiger partial charge in [-0.3, -0.25) is 14.3 Å². The summed E-state index contributed by atoms with van der Waals surface area (Å²) in [7, 11) is 3.51. The quantitative estimate of drug-likeness (QED) is 0.282. The summed E-state index contributed by atoms with van der Waals surface area (Å²) in [5.41, 5.74) is 0.942. The van der Waals surface area contributed by atoms with E-state index in [4.69, 9.17) is 11.2 Å². The van der Waals surface area contributed by atoms with E-state index in [0.29, 0.717) is 58.3 Å². The highest BCUT2D eigenvalue weighted by Crippen LogP contribution is 2.38. The first kappa shape index (κ1) is 27.1. The maximum Gasteiger partial charge on any atom is 0.247 e. The third kappa shape index (κ3) is 7.49. The standard InChI is InChI=1S/C25H36N8O3/c1-5-7-12-25(28-29-25)13-9-22(34)33(16-11-21-19-32(6-2)30-27-21)23(20-10-15-31(3)18-20)24(35)26-14-8-17-36-4/h1,10,15,18-19,23H,6-9,11-14,16-17H2,2-4H3,(H,26,35). The van der Waals surface area contributed by atoms with Crippen molar-refractivity contribution < 1.29 is 14.3 Å². The number of terminal acetylenes is 1. The predicted octanol–water partition coefficient (Wildman–Crippen LogP) is 2.26. The van der Waals surface area contributed by atoms with Gasteiger partial charge in [-0.25, -0.2) is 0 Å². The smallest absolute Gasteiger partial charge is 0.247 e. The zero-order valence-electron chi connectivity index (χ0n) is 21.4. The van der Waals surface area contributed by atoms with Gasteiger partial charge in [-0.05, 0) is 19.4 Å². The Morgan fingerprint density at radius 3 is 2.72 bits per heavy atom. The van der Waals surface area contributed by atoms with Crippen LogP contribution in [0.1, 0.15) is 56.3 Å². The summed E-state index contributed by atoms with van der Waals surface area (Å²) in [5, 5.41) is 19.6. The van der Waals surface area contributed by atoms with E-state index in [9.17, 15) is 9.59 Å². The highest BCUT2D eigenvalue weighted by Gasteiger charge is 2.40. The molecule has 1 atom stereocenters. The van der Waals surface area contributed by atoms with E-state index in [1.165, 1.54) is 0 Å². The van der Waals surface area contributed by atoms with Crippen molar-refractivity contribution >= 4 is 11.8 Å². The molecule has 0 radical (unpaired) electrons. The fourth-order valence-corrected chi connectivity index (χ4v) is 4.04. The second kappa shape index (κ2) is 13.0. The molecule has 0 fully saturated rings. The molecule has 0 spiro atoms. The number of carbonyl (C=O) groups excluding carboxylic acids is 2. The van der Waals surface area contributed by atoms with E-state index >= 15 is 0 Å². The number of nitrogens with zero attached hydrogens (tertiary/aromatic N) is 7. The highest BCUT2D eigenvalue weighted by atomic mass is 16.5. The Morgan fingerprint density at radius 2 is 2.11 bits per heavy atom. The van der Waals surface area contributed by atoms with Gasteiger partial charge in [0.15, 0.2) is 5.66 Å². The third-order valence-corrected chi connectivity index (χ3v) is 6.19. The van der Waals surface area contributed by atoms with Crippen LogP contribution in [0, 0.1) is 12.3 Å². The van der Waals surface area contributed by atoms with Gasteiger partial charge in [0, 0.05) is 96.7 Å². The van der Waals surface area contributed by atoms with Crippen LogP contribution in [0.15, 0.2) is 34.9 Å². The fraction of sp³-hybridized carbons (Fsp3) is 0.600. The first-order chi connectivity index (χ1) is 17.4. The fourth-order valence-electron chi connectivity index (χ4n) is 4.04. The van der Waals surface area contributed by atoms with Crippen LogP contribution in [0.2, 0.25) is 0 Å². The van der Waals surface area contributed by atoms with Crippen molar-refractivity contribution in [2.45, 2.75) is 63.7 Å². The van der Waals surface area contributed by atoms with Crippen LogP contribution in [-0.2, 0) is 34.3 Å². The first-order valence-corrected chi connectivity index (χ1v) is 12.4. The van der Waals surface area contributed by atoms with Crippen LogP contribution >= 0.6 is 0 Å². The van der Waals surface area contributed by atoms with Crippen molar-refractivity contribution in [1.82, 2.24) is 29.8 Å². The molecule has 2 aromatic rings. The molecule has 11 heteroatoms. The minimum atomic E-state index is -0.780. The van der Waals surface area contributed by atoms with Crippen molar-refractivity contribution in [2.24, 2.45) is 17.3 Å². The first-order valence-electron chi connectivity index (χ1n) is 12.4. The Balaban J connectivity index is 1.80. The minimum absolute atomic E-state index is 0.142. The normalized spacial score (nSPS) is 14.3. The van der Waals surface area contributed by atoms with E-state index in [0.717, 1.165) is 11.3 Å². The lowest BCUT2D eigenvalue weighted by atomic mass is 10.0. The molecule has 3 rings (SSSR count). The monoisotopic (exact) mass is 496 g/mol. The van der Waals surface area contributed by atoms with Crippen LogP contribution in [-0.4, -0.2) is 68.7 Å². The lowest BCUT2D eigenvalue weighted by Gasteiger charge is -2.31. The van der Waals surface area contributed by atoms with Crippen LogP contribution < -0.4 is 5.32 Å². The summed E-state index contributed by atoms with van der Waals surface area (Å²) in [6, 6.07) is 1.09. The molecular formula is C25H36N8O3. The van der Waals surface area contributed by atoms with Crippen LogP contribution in [0.5, 0.6) is 0 Å². The van der Waals surface area contributed by atoms with Gasteiger partial charge in [-0.1, -0.05) is 5.21 Å². The average molecular weight is 497 g/mol. The number of nitrogens with one attached hydrogen (secondary N) is 1. The number of methoxy groups -OCH3 is 1. The molecule has 1 unspecified atom stereocenters. The number of hydrogen-bond donors (Lipinski definition) is 1. The highest BCUT2D eigenvalue weighted by molar-refractivity contribution is 5.88. The second-order valence-electron chi connectivity index (χ2n) is 8.94. The summed E-state index contributed by atoms with van der Waals surface area (Å²) < 4.78 is 8.70. The van der Waals surface area contributed by atoms with Gasteiger partial charge in [0.1, 0.15) is 6.04 Å². The molecule has 2 amide bonds. The Morgan fingerprint density at radius 1 is 1.31 bits per heavy atom. The minimum Gasteiger partial charge on any atom is -0.385 e. The number of aryl methyl sites for hydroxylation is 2. The number of aromatic nitrogens is 4. The Hall–Kier alpha value is -3.52. The van der Waals surface area contributed by atoms with Gasteiger partial charge in [0.25, 0.3) is 0 Å². The van der Waals surface area contributed by atoms with Gasteiger partial charge in [-0.15, -0.1) is 17.4 Å². The molecule has 1 aliphatic rings. The van der Waals surface area contributed by atoms with Crippen molar-refractivity contribution in [1.29, 1.82) is 0 Å². The summed E-state index contributed by atoms with van der Waals surface area (Å²) in [4.78, 5) is 28.7. The molecule has 0 aromatic carbocycles. The van der Waals surface area contributed by atoms with Crippen molar-refractivity contribution in [3.63, 3.8) is 0 Å². The predicted molar refractivity (Wildman–Crippen MR) is 134 cm³/mol. The average Bonchev–Trinajstić information content (AvgIpc) is 3.27. The molecule has 0 saturated heterocycles. The number of hydrogen-bond acceptors (Lipinski definition) is 7. The SMILES string of the molecule is C#CCCC1(CCC(=O)N(CCc2cn(CC)nn2)C(C(=O)NCCCOC)c2ccn(C)c2)N=N1. The van der Waals surface area contributed by atoms with E-state index in [2.05, 4.69) is 31.8 Å². The van der Waals surface area contributed by atoms with Crippen LogP contribution in [0.3, 0.4) is 0 Å². The summed E-state index contributed by atoms with van der Waals surface area (Å²) in [6.45, 7) is 4.00. The van der Waals surface area contributed by atoms with E-state index < -0.39 is 11.7 Å². The third-order valence-electron chi connectivity index (χ3n) is 6.19. The summed E-state index contributed by atoms with van der Waals surface area (Å²) >= 11 is 0. The van der Waals surface area contributed by atoms with Gasteiger partial charge in [0.2, 0.25) is 11.8 Å². The molecule has 194 valence electrons. The molecule has 0 aliphatic carbocycles. The summed E-state index contributed by atoms with van der Waals surface area (Å²) in [6.07, 6.45) is 14.0. The van der Waals surface area contributed by atoms with Gasteiger partial charge < -0.3 is 19.5 Å². The zero-order chi connectivity index (χ0) is 26.0. The van der Waals surface area contributed by atoms with E-state index in [1.807, 2.05) is 43.2 Å². The molecular weight excluding hydrogens is 460 g/mol. The van der Waals surface area contributed by atoms with Gasteiger partial charge in [-0.2, -0.15) is 10.2 Å². The zero-order valence-corrected chi connectivity index (χ0v) is 21.4. The van der Waals surface area contributed by atoms with E-state index in [-0.39, 0.29) is 18.2 Å². The molecule has 0 bridgehead atoms.